The molecule has 2 aromatic rings. The predicted octanol–water partition coefficient (Wildman–Crippen LogP) is 3.97. The van der Waals surface area contributed by atoms with Crippen LogP contribution in [0.5, 0.6) is 5.75 Å². The fourth-order valence-electron chi connectivity index (χ4n) is 2.07. The van der Waals surface area contributed by atoms with Gasteiger partial charge in [0.1, 0.15) is 23.9 Å². The lowest BCUT2D eigenvalue weighted by Crippen LogP contribution is -2.21. The van der Waals surface area contributed by atoms with E-state index in [9.17, 15) is 0 Å². The lowest BCUT2D eigenvalue weighted by molar-refractivity contribution is 0.264. The van der Waals surface area contributed by atoms with Crippen molar-refractivity contribution in [1.29, 1.82) is 0 Å². The highest BCUT2D eigenvalue weighted by atomic mass is 16.5. The van der Waals surface area contributed by atoms with Gasteiger partial charge in [-0.1, -0.05) is 19.9 Å². The van der Waals surface area contributed by atoms with Crippen LogP contribution in [0.25, 0.3) is 0 Å². The molecule has 0 amide bonds. The highest BCUT2D eigenvalue weighted by Gasteiger charge is 2.04. The molecule has 0 bridgehead atoms. The average Bonchev–Trinajstić information content (AvgIpc) is 2.81. The SMILES string of the molecule is Cc1cc(C)cc(OCc2ccc(CNC(C)C)o2)c1. The van der Waals surface area contributed by atoms with E-state index in [1.54, 1.807) is 0 Å². The second kappa shape index (κ2) is 6.62. The summed E-state index contributed by atoms with van der Waals surface area (Å²) in [5.74, 6) is 2.68. The van der Waals surface area contributed by atoms with Gasteiger partial charge >= 0.3 is 0 Å². The Morgan fingerprint density at radius 3 is 2.35 bits per heavy atom. The van der Waals surface area contributed by atoms with Crippen LogP contribution in [0.4, 0.5) is 0 Å². The van der Waals surface area contributed by atoms with Crippen molar-refractivity contribution in [3.05, 3.63) is 53.0 Å². The fourth-order valence-corrected chi connectivity index (χ4v) is 2.07. The standard InChI is InChI=1S/C17H23NO2/c1-12(2)18-10-15-5-6-16(20-15)11-19-17-8-13(3)7-14(4)9-17/h5-9,12,18H,10-11H2,1-4H3. The van der Waals surface area contributed by atoms with Gasteiger partial charge in [-0.25, -0.2) is 0 Å². The highest BCUT2D eigenvalue weighted by molar-refractivity contribution is 5.33. The average molecular weight is 273 g/mol. The second-order valence-corrected chi connectivity index (χ2v) is 5.52. The Hall–Kier alpha value is -1.74. The van der Waals surface area contributed by atoms with Crippen LogP contribution in [-0.2, 0) is 13.2 Å². The van der Waals surface area contributed by atoms with Crippen molar-refractivity contribution in [1.82, 2.24) is 5.32 Å². The van der Waals surface area contributed by atoms with Crippen molar-refractivity contribution in [2.24, 2.45) is 0 Å². The van der Waals surface area contributed by atoms with Crippen LogP contribution in [0.15, 0.2) is 34.7 Å². The van der Waals surface area contributed by atoms with E-state index in [1.165, 1.54) is 11.1 Å². The summed E-state index contributed by atoms with van der Waals surface area (Å²) in [6.45, 7) is 9.59. The Bertz CT molecular complexity index is 538. The van der Waals surface area contributed by atoms with Gasteiger partial charge in [0.05, 0.1) is 6.54 Å². The Balaban J connectivity index is 1.90. The van der Waals surface area contributed by atoms with E-state index in [1.807, 2.05) is 24.3 Å². The molecule has 0 radical (unpaired) electrons. The molecule has 3 heteroatoms. The molecule has 0 unspecified atom stereocenters. The molecule has 0 saturated carbocycles. The molecular formula is C17H23NO2. The summed E-state index contributed by atoms with van der Waals surface area (Å²) in [5, 5.41) is 3.33. The molecule has 0 atom stereocenters. The third kappa shape index (κ3) is 4.42. The maximum absolute atomic E-state index is 5.78. The Morgan fingerprint density at radius 2 is 1.70 bits per heavy atom. The minimum absolute atomic E-state index is 0.454. The summed E-state index contributed by atoms with van der Waals surface area (Å²) in [5.41, 5.74) is 2.42. The zero-order valence-corrected chi connectivity index (χ0v) is 12.7. The van der Waals surface area contributed by atoms with Crippen LogP contribution in [0.2, 0.25) is 0 Å². The molecule has 1 N–H and O–H groups in total. The first kappa shape index (κ1) is 14.7. The summed E-state index contributed by atoms with van der Waals surface area (Å²) in [6, 6.07) is 10.6. The zero-order valence-electron chi connectivity index (χ0n) is 12.7. The van der Waals surface area contributed by atoms with Gasteiger partial charge < -0.3 is 14.5 Å². The lowest BCUT2D eigenvalue weighted by Gasteiger charge is -2.07. The monoisotopic (exact) mass is 273 g/mol. The van der Waals surface area contributed by atoms with Gasteiger partial charge in [0.2, 0.25) is 0 Å². The van der Waals surface area contributed by atoms with Gasteiger partial charge in [-0.05, 0) is 49.2 Å². The number of rotatable bonds is 6. The lowest BCUT2D eigenvalue weighted by atomic mass is 10.1. The summed E-state index contributed by atoms with van der Waals surface area (Å²) in [7, 11) is 0. The molecule has 0 aliphatic rings. The Kier molecular flexibility index (Phi) is 4.85. The summed E-state index contributed by atoms with van der Waals surface area (Å²) in [6.07, 6.45) is 0. The van der Waals surface area contributed by atoms with Crippen LogP contribution >= 0.6 is 0 Å². The first-order valence-electron chi connectivity index (χ1n) is 7.05. The van der Waals surface area contributed by atoms with Crippen LogP contribution in [0.1, 0.15) is 36.5 Å². The van der Waals surface area contributed by atoms with Gasteiger partial charge in [-0.15, -0.1) is 0 Å². The summed E-state index contributed by atoms with van der Waals surface area (Å²) >= 11 is 0. The van der Waals surface area contributed by atoms with Crippen molar-refractivity contribution in [2.45, 2.75) is 46.9 Å². The maximum atomic E-state index is 5.78. The Labute approximate surface area is 121 Å². The number of ether oxygens (including phenoxy) is 1. The maximum Gasteiger partial charge on any atom is 0.146 e. The molecule has 2 rings (SSSR count). The third-order valence-electron chi connectivity index (χ3n) is 2.98. The molecule has 1 heterocycles. The van der Waals surface area contributed by atoms with E-state index in [4.69, 9.17) is 9.15 Å². The van der Waals surface area contributed by atoms with E-state index in [0.717, 1.165) is 23.8 Å². The van der Waals surface area contributed by atoms with Crippen LogP contribution < -0.4 is 10.1 Å². The second-order valence-electron chi connectivity index (χ2n) is 5.52. The molecule has 0 aliphatic carbocycles. The van der Waals surface area contributed by atoms with Crippen molar-refractivity contribution < 1.29 is 9.15 Å². The molecule has 0 spiro atoms. The number of aryl methyl sites for hydroxylation is 2. The molecule has 0 fully saturated rings. The van der Waals surface area contributed by atoms with Gasteiger partial charge in [-0.2, -0.15) is 0 Å². The van der Waals surface area contributed by atoms with Crippen LogP contribution in [0.3, 0.4) is 0 Å². The molecular weight excluding hydrogens is 250 g/mol. The number of nitrogens with one attached hydrogen (secondary N) is 1. The normalized spacial score (nSPS) is 11.1. The molecule has 1 aromatic heterocycles. The Morgan fingerprint density at radius 1 is 1.05 bits per heavy atom. The minimum atomic E-state index is 0.454. The van der Waals surface area contributed by atoms with E-state index in [-0.39, 0.29) is 0 Å². The van der Waals surface area contributed by atoms with Crippen molar-refractivity contribution in [3.63, 3.8) is 0 Å². The number of hydrogen-bond acceptors (Lipinski definition) is 3. The van der Waals surface area contributed by atoms with E-state index in [0.29, 0.717) is 12.6 Å². The first-order valence-corrected chi connectivity index (χ1v) is 7.05. The predicted molar refractivity (Wildman–Crippen MR) is 80.9 cm³/mol. The van der Waals surface area contributed by atoms with E-state index in [2.05, 4.69) is 39.1 Å². The van der Waals surface area contributed by atoms with Gasteiger partial charge in [0.25, 0.3) is 0 Å². The van der Waals surface area contributed by atoms with Gasteiger partial charge in [0.15, 0.2) is 0 Å². The third-order valence-corrected chi connectivity index (χ3v) is 2.98. The zero-order chi connectivity index (χ0) is 14.5. The van der Waals surface area contributed by atoms with Crippen molar-refractivity contribution >= 4 is 0 Å². The van der Waals surface area contributed by atoms with Gasteiger partial charge in [0, 0.05) is 6.04 Å². The number of hydrogen-bond donors (Lipinski definition) is 1. The highest BCUT2D eigenvalue weighted by Crippen LogP contribution is 2.18. The topological polar surface area (TPSA) is 34.4 Å². The van der Waals surface area contributed by atoms with E-state index >= 15 is 0 Å². The summed E-state index contributed by atoms with van der Waals surface area (Å²) < 4.78 is 11.5. The molecule has 1 aromatic carbocycles. The molecule has 3 nitrogen and oxygen atoms in total. The first-order chi connectivity index (χ1) is 9.52. The van der Waals surface area contributed by atoms with E-state index < -0.39 is 0 Å². The largest absolute Gasteiger partial charge is 0.486 e. The molecule has 20 heavy (non-hydrogen) atoms. The molecule has 0 saturated heterocycles. The minimum Gasteiger partial charge on any atom is -0.486 e. The van der Waals surface area contributed by atoms with Gasteiger partial charge in [-0.3, -0.25) is 0 Å². The quantitative estimate of drug-likeness (QED) is 0.864. The van der Waals surface area contributed by atoms with Crippen molar-refractivity contribution in [3.8, 4) is 5.75 Å². The van der Waals surface area contributed by atoms with Crippen LogP contribution in [-0.4, -0.2) is 6.04 Å². The fraction of sp³-hybridized carbons (Fsp3) is 0.412. The van der Waals surface area contributed by atoms with Crippen molar-refractivity contribution in [2.75, 3.05) is 0 Å². The summed E-state index contributed by atoms with van der Waals surface area (Å²) in [4.78, 5) is 0. The number of benzene rings is 1. The smallest absolute Gasteiger partial charge is 0.146 e. The van der Waals surface area contributed by atoms with Crippen LogP contribution in [0, 0.1) is 13.8 Å². The number of furan rings is 1. The molecule has 0 aliphatic heterocycles. The molecule has 108 valence electrons.